The Morgan fingerprint density at radius 2 is 1.88 bits per heavy atom. The molecule has 0 unspecified atom stereocenters. The number of hydrogen-bond acceptors (Lipinski definition) is 3. The maximum atomic E-state index is 13.4. The van der Waals surface area contributed by atoms with Crippen molar-refractivity contribution in [2.45, 2.75) is 45.1 Å². The fourth-order valence-electron chi connectivity index (χ4n) is 4.33. The van der Waals surface area contributed by atoms with E-state index in [0.29, 0.717) is 13.1 Å². The molecule has 0 N–H and O–H groups in total. The van der Waals surface area contributed by atoms with E-state index in [2.05, 4.69) is 0 Å². The van der Waals surface area contributed by atoms with Crippen LogP contribution in [0.25, 0.3) is 10.9 Å². The molecular formula is C21H25N3O2. The van der Waals surface area contributed by atoms with Gasteiger partial charge >= 0.3 is 0 Å². The minimum Gasteiger partial charge on any atom is -0.343 e. The van der Waals surface area contributed by atoms with Crippen molar-refractivity contribution < 1.29 is 9.59 Å². The molecule has 0 atom stereocenters. The molecule has 1 aromatic carbocycles. The first-order chi connectivity index (χ1) is 12.6. The van der Waals surface area contributed by atoms with Crippen molar-refractivity contribution >= 4 is 22.7 Å². The Morgan fingerprint density at radius 1 is 1.15 bits per heavy atom. The summed E-state index contributed by atoms with van der Waals surface area (Å²) >= 11 is 0. The number of carbonyl (C=O) groups is 2. The van der Waals surface area contributed by atoms with E-state index >= 15 is 0 Å². The number of aromatic nitrogens is 1. The first kappa shape index (κ1) is 17.0. The van der Waals surface area contributed by atoms with Crippen LogP contribution in [0, 0.1) is 0 Å². The molecule has 2 amide bonds. The number of hydrogen-bond donors (Lipinski definition) is 0. The van der Waals surface area contributed by atoms with Crippen molar-refractivity contribution in [3.63, 3.8) is 0 Å². The molecule has 0 radical (unpaired) electrons. The lowest BCUT2D eigenvalue weighted by molar-refractivity contribution is -0.130. The fraction of sp³-hybridized carbons (Fsp3) is 0.476. The molecule has 0 spiro atoms. The lowest BCUT2D eigenvalue weighted by atomic mass is 9.97. The molecule has 1 aromatic heterocycles. The maximum absolute atomic E-state index is 13.4. The Labute approximate surface area is 154 Å². The Kier molecular flexibility index (Phi) is 4.39. The highest BCUT2D eigenvalue weighted by molar-refractivity contribution is 6.07. The highest BCUT2D eigenvalue weighted by Crippen LogP contribution is 2.31. The van der Waals surface area contributed by atoms with Crippen molar-refractivity contribution in [1.82, 2.24) is 14.8 Å². The van der Waals surface area contributed by atoms with Crippen molar-refractivity contribution in [1.29, 1.82) is 0 Å². The van der Waals surface area contributed by atoms with Crippen LogP contribution in [0.5, 0.6) is 0 Å². The smallest absolute Gasteiger partial charge is 0.254 e. The zero-order valence-corrected chi connectivity index (χ0v) is 15.5. The predicted molar refractivity (Wildman–Crippen MR) is 101 cm³/mol. The van der Waals surface area contributed by atoms with Crippen molar-refractivity contribution in [3.8, 4) is 0 Å². The molecule has 1 saturated heterocycles. The van der Waals surface area contributed by atoms with Crippen LogP contribution in [-0.4, -0.2) is 52.8 Å². The van der Waals surface area contributed by atoms with Crippen LogP contribution in [0.2, 0.25) is 0 Å². The van der Waals surface area contributed by atoms with Crippen LogP contribution in [0.15, 0.2) is 24.3 Å². The average molecular weight is 351 g/mol. The van der Waals surface area contributed by atoms with Gasteiger partial charge in [-0.1, -0.05) is 18.2 Å². The molecule has 2 aliphatic rings. The van der Waals surface area contributed by atoms with Gasteiger partial charge in [0.15, 0.2) is 0 Å². The topological polar surface area (TPSA) is 53.5 Å². The van der Waals surface area contributed by atoms with Gasteiger partial charge in [0.25, 0.3) is 5.91 Å². The van der Waals surface area contributed by atoms with Crippen LogP contribution >= 0.6 is 0 Å². The zero-order valence-electron chi connectivity index (χ0n) is 15.5. The van der Waals surface area contributed by atoms with Crippen LogP contribution in [-0.2, 0) is 17.6 Å². The van der Waals surface area contributed by atoms with Gasteiger partial charge in [-0.3, -0.25) is 14.6 Å². The summed E-state index contributed by atoms with van der Waals surface area (Å²) in [6, 6.07) is 8.21. The van der Waals surface area contributed by atoms with Gasteiger partial charge in [-0.25, -0.2) is 0 Å². The van der Waals surface area contributed by atoms with Gasteiger partial charge in [0.1, 0.15) is 0 Å². The summed E-state index contributed by atoms with van der Waals surface area (Å²) in [5.74, 6) is 0.221. The molecule has 26 heavy (non-hydrogen) atoms. The highest BCUT2D eigenvalue weighted by Gasteiger charge is 2.30. The van der Waals surface area contributed by atoms with E-state index in [0.717, 1.165) is 59.8 Å². The molecular weight excluding hydrogens is 326 g/mol. The Morgan fingerprint density at radius 3 is 2.62 bits per heavy atom. The SMILES string of the molecule is CC(=O)N(C)C1CCN(C(=O)c2c3c(nc4ccccc24)CCC3)CC1. The number of para-hydroxylation sites is 1. The van der Waals surface area contributed by atoms with Gasteiger partial charge < -0.3 is 9.80 Å². The molecule has 1 aliphatic heterocycles. The number of amides is 2. The summed E-state index contributed by atoms with van der Waals surface area (Å²) in [6.45, 7) is 3.00. The number of pyridine rings is 1. The van der Waals surface area contributed by atoms with Gasteiger partial charge in [0.2, 0.25) is 5.91 Å². The number of aryl methyl sites for hydroxylation is 1. The number of likely N-dealkylation sites (tertiary alicyclic amines) is 1. The Bertz CT molecular complexity index is 869. The van der Waals surface area contributed by atoms with Crippen molar-refractivity contribution in [3.05, 3.63) is 41.1 Å². The van der Waals surface area contributed by atoms with Crippen molar-refractivity contribution in [2.24, 2.45) is 0 Å². The molecule has 5 nitrogen and oxygen atoms in total. The molecule has 0 saturated carbocycles. The van der Waals surface area contributed by atoms with E-state index in [-0.39, 0.29) is 17.9 Å². The third-order valence-corrected chi connectivity index (χ3v) is 5.93. The van der Waals surface area contributed by atoms with Crippen LogP contribution < -0.4 is 0 Å². The maximum Gasteiger partial charge on any atom is 0.254 e. The van der Waals surface area contributed by atoms with Gasteiger partial charge in [-0.2, -0.15) is 0 Å². The monoisotopic (exact) mass is 351 g/mol. The Balaban J connectivity index is 1.63. The first-order valence-electron chi connectivity index (χ1n) is 9.49. The fourth-order valence-corrected chi connectivity index (χ4v) is 4.33. The quantitative estimate of drug-likeness (QED) is 0.836. The summed E-state index contributed by atoms with van der Waals surface area (Å²) in [4.78, 5) is 33.5. The third-order valence-electron chi connectivity index (χ3n) is 5.93. The van der Waals surface area contributed by atoms with Crippen LogP contribution in [0.3, 0.4) is 0 Å². The van der Waals surface area contributed by atoms with Crippen molar-refractivity contribution in [2.75, 3.05) is 20.1 Å². The number of piperidine rings is 1. The normalized spacial score (nSPS) is 17.4. The molecule has 2 heterocycles. The lowest BCUT2D eigenvalue weighted by Gasteiger charge is -2.36. The largest absolute Gasteiger partial charge is 0.343 e. The van der Waals surface area contributed by atoms with E-state index in [1.807, 2.05) is 36.2 Å². The number of rotatable bonds is 2. The van der Waals surface area contributed by atoms with E-state index in [9.17, 15) is 9.59 Å². The molecule has 1 aliphatic carbocycles. The summed E-state index contributed by atoms with van der Waals surface area (Å²) in [5, 5.41) is 0.973. The number of fused-ring (bicyclic) bond motifs is 2. The second-order valence-electron chi connectivity index (χ2n) is 7.44. The second-order valence-corrected chi connectivity index (χ2v) is 7.44. The molecule has 4 rings (SSSR count). The zero-order chi connectivity index (χ0) is 18.3. The average Bonchev–Trinajstić information content (AvgIpc) is 3.13. The lowest BCUT2D eigenvalue weighted by Crippen LogP contribution is -2.47. The minimum atomic E-state index is 0.0905. The van der Waals surface area contributed by atoms with Crippen LogP contribution in [0.4, 0.5) is 0 Å². The molecule has 5 heteroatoms. The summed E-state index contributed by atoms with van der Waals surface area (Å²) in [6.07, 6.45) is 4.66. The Hall–Kier alpha value is -2.43. The standard InChI is InChI=1S/C21H25N3O2/c1-14(25)23(2)15-10-12-24(13-11-15)21(26)20-16-6-3-4-8-18(16)22-19-9-5-7-17(19)20/h3-4,6,8,15H,5,7,9-13H2,1-2H3. The molecule has 136 valence electrons. The third kappa shape index (κ3) is 2.85. The van der Waals surface area contributed by atoms with E-state index in [1.165, 1.54) is 0 Å². The molecule has 1 fully saturated rings. The second kappa shape index (κ2) is 6.71. The number of carbonyl (C=O) groups excluding carboxylic acids is 2. The molecule has 0 bridgehead atoms. The number of benzene rings is 1. The van der Waals surface area contributed by atoms with Gasteiger partial charge in [0.05, 0.1) is 11.1 Å². The van der Waals surface area contributed by atoms with E-state index in [4.69, 9.17) is 4.98 Å². The van der Waals surface area contributed by atoms with Crippen LogP contribution in [0.1, 0.15) is 47.8 Å². The van der Waals surface area contributed by atoms with Gasteiger partial charge in [-0.05, 0) is 43.7 Å². The minimum absolute atomic E-state index is 0.0905. The first-order valence-corrected chi connectivity index (χ1v) is 9.49. The summed E-state index contributed by atoms with van der Waals surface area (Å²) in [5.41, 5.74) is 4.03. The predicted octanol–water partition coefficient (Wildman–Crippen LogP) is 2.81. The number of nitrogens with zero attached hydrogens (tertiary/aromatic N) is 3. The molecule has 2 aromatic rings. The van der Waals surface area contributed by atoms with E-state index < -0.39 is 0 Å². The van der Waals surface area contributed by atoms with Gasteiger partial charge in [-0.15, -0.1) is 0 Å². The highest BCUT2D eigenvalue weighted by atomic mass is 16.2. The van der Waals surface area contributed by atoms with E-state index in [1.54, 1.807) is 11.8 Å². The summed E-state index contributed by atoms with van der Waals surface area (Å²) in [7, 11) is 1.85. The van der Waals surface area contributed by atoms with Gasteiger partial charge in [0, 0.05) is 44.2 Å². The summed E-state index contributed by atoms with van der Waals surface area (Å²) < 4.78 is 0.